The summed E-state index contributed by atoms with van der Waals surface area (Å²) < 4.78 is 9.99. The van der Waals surface area contributed by atoms with Crippen molar-refractivity contribution >= 4 is 5.97 Å². The van der Waals surface area contributed by atoms with Crippen LogP contribution >= 0.6 is 0 Å². The molecular formula is C13H23NO3. The van der Waals surface area contributed by atoms with E-state index in [1.54, 1.807) is 0 Å². The van der Waals surface area contributed by atoms with Gasteiger partial charge in [0.25, 0.3) is 0 Å². The van der Waals surface area contributed by atoms with Gasteiger partial charge < -0.3 is 14.8 Å². The molecule has 0 spiro atoms. The van der Waals surface area contributed by atoms with Gasteiger partial charge in [-0.2, -0.15) is 0 Å². The fourth-order valence-electron chi connectivity index (χ4n) is 1.21. The summed E-state index contributed by atoms with van der Waals surface area (Å²) in [6, 6.07) is 0. The Balaban J connectivity index is 3.56. The first-order chi connectivity index (χ1) is 8.26. The van der Waals surface area contributed by atoms with E-state index in [0.29, 0.717) is 31.8 Å². The van der Waals surface area contributed by atoms with Crippen LogP contribution in [0.4, 0.5) is 0 Å². The van der Waals surface area contributed by atoms with E-state index in [1.807, 2.05) is 19.1 Å². The molecule has 1 N–H and O–H groups in total. The van der Waals surface area contributed by atoms with E-state index in [1.165, 1.54) is 7.11 Å². The van der Waals surface area contributed by atoms with Crippen molar-refractivity contribution in [3.8, 4) is 0 Å². The van der Waals surface area contributed by atoms with Crippen molar-refractivity contribution in [3.63, 3.8) is 0 Å². The molecule has 0 amide bonds. The Kier molecular flexibility index (Phi) is 10.6. The number of carbonyl (C=O) groups is 1. The van der Waals surface area contributed by atoms with Gasteiger partial charge in [0.15, 0.2) is 0 Å². The summed E-state index contributed by atoms with van der Waals surface area (Å²) in [5.41, 5.74) is 0.701. The summed E-state index contributed by atoms with van der Waals surface area (Å²) in [6.07, 6.45) is 5.25. The van der Waals surface area contributed by atoms with Gasteiger partial charge in [-0.15, -0.1) is 6.58 Å². The van der Waals surface area contributed by atoms with Gasteiger partial charge in [0.2, 0.25) is 0 Å². The molecule has 0 atom stereocenters. The molecule has 4 heteroatoms. The van der Waals surface area contributed by atoms with Crippen LogP contribution in [0, 0.1) is 0 Å². The van der Waals surface area contributed by atoms with Gasteiger partial charge in [-0.05, 0) is 12.8 Å². The van der Waals surface area contributed by atoms with Crippen molar-refractivity contribution in [2.75, 3.05) is 33.4 Å². The maximum absolute atomic E-state index is 11.2. The van der Waals surface area contributed by atoms with E-state index in [-0.39, 0.29) is 5.97 Å². The second kappa shape index (κ2) is 11.4. The van der Waals surface area contributed by atoms with Crippen LogP contribution in [0.15, 0.2) is 24.3 Å². The number of hydrogen-bond acceptors (Lipinski definition) is 4. The molecule has 4 nitrogen and oxygen atoms in total. The van der Waals surface area contributed by atoms with Gasteiger partial charge in [-0.25, -0.2) is 4.79 Å². The van der Waals surface area contributed by atoms with Gasteiger partial charge in [-0.1, -0.05) is 19.1 Å². The first-order valence-electron chi connectivity index (χ1n) is 5.93. The van der Waals surface area contributed by atoms with E-state index in [4.69, 9.17) is 4.74 Å². The van der Waals surface area contributed by atoms with Crippen molar-refractivity contribution in [2.45, 2.75) is 19.8 Å². The topological polar surface area (TPSA) is 47.6 Å². The minimum atomic E-state index is -0.253. The number of ether oxygens (including phenoxy) is 2. The molecule has 0 aliphatic carbocycles. The Bertz CT molecular complexity index is 249. The summed E-state index contributed by atoms with van der Waals surface area (Å²) in [4.78, 5) is 11.2. The van der Waals surface area contributed by atoms with Crippen LogP contribution in [0.5, 0.6) is 0 Å². The average molecular weight is 241 g/mol. The van der Waals surface area contributed by atoms with E-state index in [9.17, 15) is 4.79 Å². The van der Waals surface area contributed by atoms with Crippen molar-refractivity contribution in [1.29, 1.82) is 0 Å². The minimum Gasteiger partial charge on any atom is -0.466 e. The molecule has 98 valence electrons. The Hall–Kier alpha value is -1.13. The SMILES string of the molecule is C=CCCOCCNC/C=C(/CC)C(=O)OC. The van der Waals surface area contributed by atoms with E-state index in [0.717, 1.165) is 13.0 Å². The van der Waals surface area contributed by atoms with E-state index >= 15 is 0 Å². The van der Waals surface area contributed by atoms with Crippen LogP contribution in [0.1, 0.15) is 19.8 Å². The molecule has 0 aromatic rings. The lowest BCUT2D eigenvalue weighted by atomic mass is 10.2. The number of esters is 1. The highest BCUT2D eigenvalue weighted by Gasteiger charge is 2.05. The summed E-state index contributed by atoms with van der Waals surface area (Å²) in [6.45, 7) is 8.35. The molecule has 0 aromatic heterocycles. The molecule has 0 rings (SSSR count). The Morgan fingerprint density at radius 2 is 2.18 bits per heavy atom. The standard InChI is InChI=1S/C13H23NO3/c1-4-6-10-17-11-9-14-8-7-12(5-2)13(15)16-3/h4,7,14H,1,5-6,8-11H2,2-3H3/b12-7-. The minimum absolute atomic E-state index is 0.253. The smallest absolute Gasteiger partial charge is 0.333 e. The monoisotopic (exact) mass is 241 g/mol. The van der Waals surface area contributed by atoms with Crippen LogP contribution < -0.4 is 5.32 Å². The van der Waals surface area contributed by atoms with Crippen LogP contribution in [0.3, 0.4) is 0 Å². The first kappa shape index (κ1) is 15.9. The van der Waals surface area contributed by atoms with Crippen LogP contribution in [-0.2, 0) is 14.3 Å². The molecule has 0 bridgehead atoms. The van der Waals surface area contributed by atoms with Gasteiger partial charge in [0, 0.05) is 18.7 Å². The third-order valence-electron chi connectivity index (χ3n) is 2.21. The van der Waals surface area contributed by atoms with Gasteiger partial charge in [0.05, 0.1) is 20.3 Å². The zero-order chi connectivity index (χ0) is 12.9. The fraction of sp³-hybridized carbons (Fsp3) is 0.615. The third kappa shape index (κ3) is 8.65. The summed E-state index contributed by atoms with van der Waals surface area (Å²) in [7, 11) is 1.40. The number of hydrogen-bond donors (Lipinski definition) is 1. The molecule has 0 saturated heterocycles. The molecule has 0 fully saturated rings. The molecule has 0 aromatic carbocycles. The predicted molar refractivity (Wildman–Crippen MR) is 68.9 cm³/mol. The van der Waals surface area contributed by atoms with Crippen molar-refractivity contribution in [1.82, 2.24) is 5.32 Å². The maximum atomic E-state index is 11.2. The molecule has 0 aliphatic rings. The van der Waals surface area contributed by atoms with Crippen LogP contribution in [0.25, 0.3) is 0 Å². The fourth-order valence-corrected chi connectivity index (χ4v) is 1.21. The van der Waals surface area contributed by atoms with Crippen molar-refractivity contribution in [3.05, 3.63) is 24.3 Å². The largest absolute Gasteiger partial charge is 0.466 e. The quantitative estimate of drug-likeness (QED) is 0.273. The molecule has 0 saturated carbocycles. The highest BCUT2D eigenvalue weighted by atomic mass is 16.5. The summed E-state index contributed by atoms with van der Waals surface area (Å²) in [5.74, 6) is -0.253. The summed E-state index contributed by atoms with van der Waals surface area (Å²) >= 11 is 0. The zero-order valence-corrected chi connectivity index (χ0v) is 10.8. The van der Waals surface area contributed by atoms with E-state index in [2.05, 4.69) is 16.6 Å². The number of rotatable bonds is 10. The lowest BCUT2D eigenvalue weighted by Gasteiger charge is -2.05. The molecule has 17 heavy (non-hydrogen) atoms. The summed E-state index contributed by atoms with van der Waals surface area (Å²) in [5, 5.41) is 3.17. The lowest BCUT2D eigenvalue weighted by Crippen LogP contribution is -2.20. The van der Waals surface area contributed by atoms with Crippen molar-refractivity contribution < 1.29 is 14.3 Å². The molecule has 0 aliphatic heterocycles. The van der Waals surface area contributed by atoms with Crippen LogP contribution in [0.2, 0.25) is 0 Å². The van der Waals surface area contributed by atoms with E-state index < -0.39 is 0 Å². The zero-order valence-electron chi connectivity index (χ0n) is 10.8. The molecule has 0 unspecified atom stereocenters. The molecule has 0 radical (unpaired) electrons. The highest BCUT2D eigenvalue weighted by molar-refractivity contribution is 5.88. The first-order valence-corrected chi connectivity index (χ1v) is 5.93. The maximum Gasteiger partial charge on any atom is 0.333 e. The second-order valence-electron chi connectivity index (χ2n) is 3.47. The predicted octanol–water partition coefficient (Wildman–Crippen LogP) is 1.68. The lowest BCUT2D eigenvalue weighted by molar-refractivity contribution is -0.136. The number of nitrogens with one attached hydrogen (secondary N) is 1. The highest BCUT2D eigenvalue weighted by Crippen LogP contribution is 2.01. The van der Waals surface area contributed by atoms with Gasteiger partial charge in [-0.3, -0.25) is 0 Å². The third-order valence-corrected chi connectivity index (χ3v) is 2.21. The van der Waals surface area contributed by atoms with Crippen LogP contribution in [-0.4, -0.2) is 39.4 Å². The Morgan fingerprint density at radius 1 is 1.41 bits per heavy atom. The number of methoxy groups -OCH3 is 1. The molecule has 0 heterocycles. The average Bonchev–Trinajstić information content (AvgIpc) is 2.36. The van der Waals surface area contributed by atoms with Crippen molar-refractivity contribution in [2.24, 2.45) is 0 Å². The Morgan fingerprint density at radius 3 is 2.76 bits per heavy atom. The normalized spacial score (nSPS) is 11.3. The van der Waals surface area contributed by atoms with Gasteiger partial charge in [0.1, 0.15) is 0 Å². The van der Waals surface area contributed by atoms with Gasteiger partial charge >= 0.3 is 5.97 Å². The molecular weight excluding hydrogens is 218 g/mol. The second-order valence-corrected chi connectivity index (χ2v) is 3.47. The number of carbonyl (C=O) groups excluding carboxylic acids is 1. The Labute approximate surface area is 104 Å².